The second-order valence-electron chi connectivity index (χ2n) is 4.18. The summed E-state index contributed by atoms with van der Waals surface area (Å²) in [5, 5.41) is 12.4. The minimum atomic E-state index is -0.260. The van der Waals surface area contributed by atoms with Crippen LogP contribution in [0.5, 0.6) is 0 Å². The van der Waals surface area contributed by atoms with Crippen molar-refractivity contribution >= 4 is 0 Å². The minimum absolute atomic E-state index is 0.260. The number of nitrogens with one attached hydrogen (secondary N) is 1. The first-order valence-electron chi connectivity index (χ1n) is 5.64. The van der Waals surface area contributed by atoms with Crippen LogP contribution >= 0.6 is 0 Å². The van der Waals surface area contributed by atoms with Gasteiger partial charge in [-0.25, -0.2) is 0 Å². The molecule has 0 spiro atoms. The van der Waals surface area contributed by atoms with Crippen molar-refractivity contribution in [1.29, 1.82) is 0 Å². The van der Waals surface area contributed by atoms with Gasteiger partial charge in [0.2, 0.25) is 0 Å². The Bertz CT molecular complexity index is 258. The smallest absolute Gasteiger partial charge is 0.0636 e. The van der Waals surface area contributed by atoms with Crippen LogP contribution in [0.3, 0.4) is 0 Å². The van der Waals surface area contributed by atoms with E-state index in [1.54, 1.807) is 6.92 Å². The first-order chi connectivity index (χ1) is 7.18. The molecule has 84 valence electrons. The summed E-state index contributed by atoms with van der Waals surface area (Å²) < 4.78 is 0. The lowest BCUT2D eigenvalue weighted by atomic mass is 10.1. The number of aliphatic hydroxyl groups is 1. The first-order valence-corrected chi connectivity index (χ1v) is 5.64. The normalized spacial score (nSPS) is 14.9. The quantitative estimate of drug-likeness (QED) is 0.747. The Morgan fingerprint density at radius 1 is 1.20 bits per heavy atom. The topological polar surface area (TPSA) is 32.3 Å². The number of benzene rings is 1. The molecule has 1 aromatic carbocycles. The molecule has 0 radical (unpaired) electrons. The van der Waals surface area contributed by atoms with Gasteiger partial charge in [0.25, 0.3) is 0 Å². The molecule has 2 heteroatoms. The number of hydrogen-bond acceptors (Lipinski definition) is 2. The van der Waals surface area contributed by atoms with Gasteiger partial charge in [0.1, 0.15) is 0 Å². The minimum Gasteiger partial charge on any atom is -0.392 e. The molecule has 0 aliphatic carbocycles. The molecule has 0 bridgehead atoms. The van der Waals surface area contributed by atoms with Gasteiger partial charge in [-0.2, -0.15) is 0 Å². The highest BCUT2D eigenvalue weighted by Crippen LogP contribution is 2.04. The summed E-state index contributed by atoms with van der Waals surface area (Å²) in [6.45, 7) is 4.64. The van der Waals surface area contributed by atoms with Crippen molar-refractivity contribution in [1.82, 2.24) is 5.32 Å². The van der Waals surface area contributed by atoms with E-state index >= 15 is 0 Å². The van der Waals surface area contributed by atoms with E-state index in [9.17, 15) is 0 Å². The van der Waals surface area contributed by atoms with E-state index in [1.165, 1.54) is 5.56 Å². The van der Waals surface area contributed by atoms with Crippen LogP contribution in [0.1, 0.15) is 25.8 Å². The van der Waals surface area contributed by atoms with Crippen molar-refractivity contribution in [2.75, 3.05) is 6.54 Å². The average molecular weight is 207 g/mol. The highest BCUT2D eigenvalue weighted by atomic mass is 16.3. The van der Waals surface area contributed by atoms with Crippen molar-refractivity contribution in [3.8, 4) is 0 Å². The van der Waals surface area contributed by atoms with E-state index in [2.05, 4.69) is 36.5 Å². The van der Waals surface area contributed by atoms with Gasteiger partial charge in [0.05, 0.1) is 6.10 Å². The third-order valence-corrected chi connectivity index (χ3v) is 2.47. The molecule has 1 unspecified atom stereocenters. The lowest BCUT2D eigenvalue weighted by Crippen LogP contribution is -2.32. The highest BCUT2D eigenvalue weighted by molar-refractivity contribution is 5.14. The summed E-state index contributed by atoms with van der Waals surface area (Å²) in [5.41, 5.74) is 1.38. The maximum absolute atomic E-state index is 9.12. The van der Waals surface area contributed by atoms with E-state index < -0.39 is 0 Å². The van der Waals surface area contributed by atoms with Crippen LogP contribution < -0.4 is 5.32 Å². The second-order valence-corrected chi connectivity index (χ2v) is 4.18. The third-order valence-electron chi connectivity index (χ3n) is 2.47. The van der Waals surface area contributed by atoms with Gasteiger partial charge in [-0.15, -0.1) is 0 Å². The van der Waals surface area contributed by atoms with Crippen molar-refractivity contribution in [2.45, 2.75) is 38.8 Å². The molecule has 2 nitrogen and oxygen atoms in total. The van der Waals surface area contributed by atoms with Crippen LogP contribution in [0, 0.1) is 0 Å². The lowest BCUT2D eigenvalue weighted by Gasteiger charge is -2.14. The molecule has 0 saturated heterocycles. The lowest BCUT2D eigenvalue weighted by molar-refractivity contribution is 0.186. The Labute approximate surface area is 92.3 Å². The standard InChI is InChI=1S/C13H21NO/c1-11(14-10-12(2)15)8-9-13-6-4-3-5-7-13/h3-7,11-12,14-15H,8-10H2,1-2H3/t11?,12-/m1/s1. The van der Waals surface area contributed by atoms with Crippen LogP contribution in [-0.2, 0) is 6.42 Å². The Balaban J connectivity index is 2.19. The molecule has 2 atom stereocenters. The fourth-order valence-electron chi connectivity index (χ4n) is 1.50. The van der Waals surface area contributed by atoms with Crippen molar-refractivity contribution in [3.63, 3.8) is 0 Å². The predicted octanol–water partition coefficient (Wildman–Crippen LogP) is 1.98. The van der Waals surface area contributed by atoms with E-state index in [0.29, 0.717) is 12.6 Å². The molecule has 1 rings (SSSR count). The molecule has 0 heterocycles. The zero-order valence-corrected chi connectivity index (χ0v) is 9.61. The van der Waals surface area contributed by atoms with E-state index in [0.717, 1.165) is 12.8 Å². The van der Waals surface area contributed by atoms with Crippen LogP contribution in [0.15, 0.2) is 30.3 Å². The van der Waals surface area contributed by atoms with Gasteiger partial charge in [-0.05, 0) is 32.3 Å². The van der Waals surface area contributed by atoms with E-state index in [4.69, 9.17) is 5.11 Å². The van der Waals surface area contributed by atoms with E-state index in [1.807, 2.05) is 6.07 Å². The maximum atomic E-state index is 9.12. The Morgan fingerprint density at radius 2 is 1.87 bits per heavy atom. The fourth-order valence-corrected chi connectivity index (χ4v) is 1.50. The van der Waals surface area contributed by atoms with Crippen LogP contribution in [0.4, 0.5) is 0 Å². The van der Waals surface area contributed by atoms with Gasteiger partial charge in [-0.1, -0.05) is 30.3 Å². The zero-order valence-electron chi connectivity index (χ0n) is 9.61. The summed E-state index contributed by atoms with van der Waals surface area (Å²) >= 11 is 0. The zero-order chi connectivity index (χ0) is 11.1. The van der Waals surface area contributed by atoms with Gasteiger partial charge in [-0.3, -0.25) is 0 Å². The van der Waals surface area contributed by atoms with Gasteiger partial charge >= 0.3 is 0 Å². The second kappa shape index (κ2) is 6.59. The monoisotopic (exact) mass is 207 g/mol. The molecule has 0 fully saturated rings. The Hall–Kier alpha value is -0.860. The summed E-state index contributed by atoms with van der Waals surface area (Å²) in [4.78, 5) is 0. The molecule has 0 aliphatic heterocycles. The number of hydrogen-bond donors (Lipinski definition) is 2. The molecule has 0 aliphatic rings. The van der Waals surface area contributed by atoms with Crippen LogP contribution in [0.2, 0.25) is 0 Å². The molecular weight excluding hydrogens is 186 g/mol. The van der Waals surface area contributed by atoms with Gasteiger partial charge in [0.15, 0.2) is 0 Å². The SMILES string of the molecule is CC(CCc1ccccc1)NC[C@@H](C)O. The molecule has 0 saturated carbocycles. The van der Waals surface area contributed by atoms with Crippen molar-refractivity contribution in [3.05, 3.63) is 35.9 Å². The summed E-state index contributed by atoms with van der Waals surface area (Å²) in [7, 11) is 0. The molecule has 2 N–H and O–H groups in total. The highest BCUT2D eigenvalue weighted by Gasteiger charge is 2.03. The molecule has 0 aromatic heterocycles. The Morgan fingerprint density at radius 3 is 2.47 bits per heavy atom. The predicted molar refractivity (Wildman–Crippen MR) is 63.9 cm³/mol. The van der Waals surface area contributed by atoms with Crippen LogP contribution in [-0.4, -0.2) is 23.8 Å². The van der Waals surface area contributed by atoms with Crippen molar-refractivity contribution < 1.29 is 5.11 Å². The third kappa shape index (κ3) is 5.55. The van der Waals surface area contributed by atoms with Crippen molar-refractivity contribution in [2.24, 2.45) is 0 Å². The summed E-state index contributed by atoms with van der Waals surface area (Å²) in [5.74, 6) is 0. The summed E-state index contributed by atoms with van der Waals surface area (Å²) in [6, 6.07) is 11.0. The molecule has 0 amide bonds. The molecule has 1 aromatic rings. The number of aryl methyl sites for hydroxylation is 1. The maximum Gasteiger partial charge on any atom is 0.0636 e. The number of aliphatic hydroxyl groups excluding tert-OH is 1. The van der Waals surface area contributed by atoms with Crippen LogP contribution in [0.25, 0.3) is 0 Å². The molecular formula is C13H21NO. The number of rotatable bonds is 6. The first kappa shape index (κ1) is 12.2. The average Bonchev–Trinajstić information content (AvgIpc) is 2.25. The fraction of sp³-hybridized carbons (Fsp3) is 0.538. The Kier molecular flexibility index (Phi) is 5.37. The van der Waals surface area contributed by atoms with Gasteiger partial charge in [0, 0.05) is 12.6 Å². The largest absolute Gasteiger partial charge is 0.392 e. The molecule has 15 heavy (non-hydrogen) atoms. The van der Waals surface area contributed by atoms with Gasteiger partial charge < -0.3 is 10.4 Å². The summed E-state index contributed by atoms with van der Waals surface area (Å²) in [6.07, 6.45) is 1.94. The van der Waals surface area contributed by atoms with E-state index in [-0.39, 0.29) is 6.10 Å².